The first-order valence-electron chi connectivity index (χ1n) is 10.7. The van der Waals surface area contributed by atoms with Crippen LogP contribution in [-0.2, 0) is 13.0 Å². The van der Waals surface area contributed by atoms with Gasteiger partial charge in [-0.1, -0.05) is 49.4 Å². The SMILES string of the molecule is COc1ccc(CNCC[C@H]2[C@@H](Cc3ccccc3)[C@H](C)N(C)C[C@H]2C)cc1. The summed E-state index contributed by atoms with van der Waals surface area (Å²) >= 11 is 0. The third-order valence-electron chi connectivity index (χ3n) is 6.63. The minimum Gasteiger partial charge on any atom is -0.497 e. The third kappa shape index (κ3) is 5.36. The van der Waals surface area contributed by atoms with E-state index in [4.69, 9.17) is 4.74 Å². The molecule has 1 saturated heterocycles. The van der Waals surface area contributed by atoms with Crippen LogP contribution in [0.4, 0.5) is 0 Å². The standard InChI is InChI=1S/C25H36N2O/c1-19-18-27(3)20(2)25(16-21-8-6-5-7-9-21)24(19)14-15-26-17-22-10-12-23(28-4)13-11-22/h5-13,19-20,24-26H,14-18H2,1-4H3/t19-,20+,24-,25+/m1/s1. The minimum atomic E-state index is 0.628. The Morgan fingerprint density at radius 2 is 1.68 bits per heavy atom. The third-order valence-corrected chi connectivity index (χ3v) is 6.63. The molecule has 152 valence electrons. The summed E-state index contributed by atoms with van der Waals surface area (Å²) < 4.78 is 5.24. The van der Waals surface area contributed by atoms with Gasteiger partial charge in [-0.3, -0.25) is 0 Å². The Kier molecular flexibility index (Phi) is 7.52. The summed E-state index contributed by atoms with van der Waals surface area (Å²) in [6.45, 7) is 8.05. The Labute approximate surface area is 171 Å². The van der Waals surface area contributed by atoms with Gasteiger partial charge in [-0.05, 0) is 74.4 Å². The molecule has 0 spiro atoms. The van der Waals surface area contributed by atoms with Crippen molar-refractivity contribution in [3.63, 3.8) is 0 Å². The van der Waals surface area contributed by atoms with Gasteiger partial charge < -0.3 is 15.0 Å². The van der Waals surface area contributed by atoms with Crippen molar-refractivity contribution in [3.05, 3.63) is 65.7 Å². The van der Waals surface area contributed by atoms with Crippen molar-refractivity contribution >= 4 is 0 Å². The molecule has 1 heterocycles. The molecule has 4 atom stereocenters. The van der Waals surface area contributed by atoms with E-state index in [0.717, 1.165) is 30.7 Å². The smallest absolute Gasteiger partial charge is 0.118 e. The fourth-order valence-corrected chi connectivity index (χ4v) is 4.81. The first-order valence-corrected chi connectivity index (χ1v) is 10.7. The van der Waals surface area contributed by atoms with Crippen LogP contribution in [0.15, 0.2) is 54.6 Å². The van der Waals surface area contributed by atoms with Crippen molar-refractivity contribution in [3.8, 4) is 5.75 Å². The molecule has 3 rings (SSSR count). The molecule has 0 aromatic heterocycles. The number of hydrogen-bond acceptors (Lipinski definition) is 3. The molecular formula is C25H36N2O. The largest absolute Gasteiger partial charge is 0.497 e. The summed E-state index contributed by atoms with van der Waals surface area (Å²) in [6, 6.07) is 20.0. The number of piperidine rings is 1. The predicted molar refractivity (Wildman–Crippen MR) is 118 cm³/mol. The summed E-state index contributed by atoms with van der Waals surface area (Å²) in [7, 11) is 4.00. The van der Waals surface area contributed by atoms with E-state index in [1.807, 2.05) is 12.1 Å². The van der Waals surface area contributed by atoms with Gasteiger partial charge in [-0.2, -0.15) is 0 Å². The van der Waals surface area contributed by atoms with Crippen LogP contribution in [0, 0.1) is 17.8 Å². The topological polar surface area (TPSA) is 24.5 Å². The van der Waals surface area contributed by atoms with Crippen molar-refractivity contribution < 1.29 is 4.74 Å². The number of hydrogen-bond donors (Lipinski definition) is 1. The number of likely N-dealkylation sites (tertiary alicyclic amines) is 1. The number of rotatable bonds is 8. The molecule has 0 bridgehead atoms. The molecular weight excluding hydrogens is 344 g/mol. The zero-order chi connectivity index (χ0) is 19.9. The second-order valence-electron chi connectivity index (χ2n) is 8.49. The first-order chi connectivity index (χ1) is 13.6. The number of nitrogens with zero attached hydrogens (tertiary/aromatic N) is 1. The fourth-order valence-electron chi connectivity index (χ4n) is 4.81. The van der Waals surface area contributed by atoms with E-state index in [1.54, 1.807) is 7.11 Å². The van der Waals surface area contributed by atoms with Crippen molar-refractivity contribution in [2.45, 2.75) is 39.3 Å². The lowest BCUT2D eigenvalue weighted by Crippen LogP contribution is -2.50. The predicted octanol–water partition coefficient (Wildman–Crippen LogP) is 4.62. The number of benzene rings is 2. The quantitative estimate of drug-likeness (QED) is 0.676. The van der Waals surface area contributed by atoms with E-state index in [0.29, 0.717) is 12.0 Å². The molecule has 0 aliphatic carbocycles. The average Bonchev–Trinajstić information content (AvgIpc) is 2.72. The molecule has 1 N–H and O–H groups in total. The van der Waals surface area contributed by atoms with Gasteiger partial charge in [0.25, 0.3) is 0 Å². The lowest BCUT2D eigenvalue weighted by Gasteiger charge is -2.46. The molecule has 0 saturated carbocycles. The Morgan fingerprint density at radius 1 is 0.964 bits per heavy atom. The highest BCUT2D eigenvalue weighted by Gasteiger charge is 2.37. The molecule has 0 amide bonds. The van der Waals surface area contributed by atoms with Crippen molar-refractivity contribution in [1.29, 1.82) is 0 Å². The molecule has 3 heteroatoms. The fraction of sp³-hybridized carbons (Fsp3) is 0.520. The molecule has 0 radical (unpaired) electrons. The van der Waals surface area contributed by atoms with Crippen molar-refractivity contribution in [2.75, 3.05) is 27.2 Å². The zero-order valence-electron chi connectivity index (χ0n) is 17.9. The van der Waals surface area contributed by atoms with Crippen LogP contribution in [-0.4, -0.2) is 38.2 Å². The van der Waals surface area contributed by atoms with Gasteiger partial charge in [-0.15, -0.1) is 0 Å². The van der Waals surface area contributed by atoms with E-state index in [2.05, 4.69) is 73.6 Å². The molecule has 1 aliphatic heterocycles. The highest BCUT2D eigenvalue weighted by atomic mass is 16.5. The maximum Gasteiger partial charge on any atom is 0.118 e. The molecule has 28 heavy (non-hydrogen) atoms. The monoisotopic (exact) mass is 380 g/mol. The summed E-state index contributed by atoms with van der Waals surface area (Å²) in [4.78, 5) is 2.56. The van der Waals surface area contributed by atoms with Gasteiger partial charge in [-0.25, -0.2) is 0 Å². The maximum atomic E-state index is 5.24. The van der Waals surface area contributed by atoms with Crippen LogP contribution in [0.25, 0.3) is 0 Å². The van der Waals surface area contributed by atoms with Gasteiger partial charge in [0.05, 0.1) is 7.11 Å². The summed E-state index contributed by atoms with van der Waals surface area (Å²) in [5.41, 5.74) is 2.78. The minimum absolute atomic E-state index is 0.628. The summed E-state index contributed by atoms with van der Waals surface area (Å²) in [6.07, 6.45) is 2.42. The van der Waals surface area contributed by atoms with Crippen molar-refractivity contribution in [1.82, 2.24) is 10.2 Å². The molecule has 1 fully saturated rings. The maximum absolute atomic E-state index is 5.24. The normalized spacial score (nSPS) is 25.6. The van der Waals surface area contributed by atoms with Crippen LogP contribution >= 0.6 is 0 Å². The Morgan fingerprint density at radius 3 is 2.36 bits per heavy atom. The van der Waals surface area contributed by atoms with Crippen LogP contribution in [0.5, 0.6) is 5.75 Å². The molecule has 0 unspecified atom stereocenters. The van der Waals surface area contributed by atoms with Crippen LogP contribution in [0.1, 0.15) is 31.4 Å². The van der Waals surface area contributed by atoms with E-state index < -0.39 is 0 Å². The molecule has 3 nitrogen and oxygen atoms in total. The van der Waals surface area contributed by atoms with Gasteiger partial charge in [0.2, 0.25) is 0 Å². The second-order valence-corrected chi connectivity index (χ2v) is 8.49. The van der Waals surface area contributed by atoms with E-state index in [-0.39, 0.29) is 0 Å². The van der Waals surface area contributed by atoms with Crippen LogP contribution in [0.2, 0.25) is 0 Å². The highest BCUT2D eigenvalue weighted by molar-refractivity contribution is 5.27. The van der Waals surface area contributed by atoms with E-state index in [9.17, 15) is 0 Å². The van der Waals surface area contributed by atoms with Gasteiger partial charge in [0, 0.05) is 19.1 Å². The molecule has 1 aliphatic rings. The summed E-state index contributed by atoms with van der Waals surface area (Å²) in [5.74, 6) is 3.12. The second kappa shape index (κ2) is 10.1. The number of nitrogens with one attached hydrogen (secondary N) is 1. The average molecular weight is 381 g/mol. The molecule has 2 aromatic rings. The Hall–Kier alpha value is -1.84. The Bertz CT molecular complexity index is 700. The first kappa shape index (κ1) is 20.9. The summed E-state index contributed by atoms with van der Waals surface area (Å²) in [5, 5.41) is 3.66. The highest BCUT2D eigenvalue weighted by Crippen LogP contribution is 2.36. The van der Waals surface area contributed by atoms with Crippen LogP contribution in [0.3, 0.4) is 0 Å². The van der Waals surface area contributed by atoms with Gasteiger partial charge >= 0.3 is 0 Å². The lowest BCUT2D eigenvalue weighted by atomic mass is 9.70. The number of methoxy groups -OCH3 is 1. The van der Waals surface area contributed by atoms with E-state index in [1.165, 1.54) is 30.5 Å². The molecule has 2 aromatic carbocycles. The lowest BCUT2D eigenvalue weighted by molar-refractivity contribution is 0.0320. The van der Waals surface area contributed by atoms with E-state index >= 15 is 0 Å². The van der Waals surface area contributed by atoms with Gasteiger partial charge in [0.1, 0.15) is 5.75 Å². The van der Waals surface area contributed by atoms with Crippen molar-refractivity contribution in [2.24, 2.45) is 17.8 Å². The number of ether oxygens (including phenoxy) is 1. The Balaban J connectivity index is 1.57. The zero-order valence-corrected chi connectivity index (χ0v) is 17.9. The van der Waals surface area contributed by atoms with Gasteiger partial charge in [0.15, 0.2) is 0 Å². The van der Waals surface area contributed by atoms with Crippen LogP contribution < -0.4 is 10.1 Å².